The molecule has 0 saturated carbocycles. The van der Waals surface area contributed by atoms with Gasteiger partial charge in [-0.3, -0.25) is 4.79 Å². The van der Waals surface area contributed by atoms with E-state index in [0.29, 0.717) is 39.5 Å². The molecule has 1 atom stereocenters. The topological polar surface area (TPSA) is 66.0 Å². The number of hydrogen-bond acceptors (Lipinski definition) is 6. The van der Waals surface area contributed by atoms with E-state index in [-0.39, 0.29) is 5.97 Å². The third-order valence-corrected chi connectivity index (χ3v) is 3.18. The first-order chi connectivity index (χ1) is 10.1. The van der Waals surface area contributed by atoms with Gasteiger partial charge < -0.3 is 24.3 Å². The normalized spacial score (nSPS) is 13.9. The molecule has 0 bridgehead atoms. The van der Waals surface area contributed by atoms with Crippen LogP contribution < -0.4 is 5.32 Å². The Morgan fingerprint density at radius 3 is 2.19 bits per heavy atom. The molecule has 0 heterocycles. The maximum absolute atomic E-state index is 11.8. The maximum atomic E-state index is 11.8. The first kappa shape index (κ1) is 20.3. The lowest BCUT2D eigenvalue weighted by Crippen LogP contribution is -2.50. The average Bonchev–Trinajstić information content (AvgIpc) is 2.48. The summed E-state index contributed by atoms with van der Waals surface area (Å²) in [6, 6.07) is 0. The van der Waals surface area contributed by atoms with Gasteiger partial charge in [0.05, 0.1) is 20.3 Å². The van der Waals surface area contributed by atoms with Crippen LogP contribution in [-0.2, 0) is 23.7 Å². The molecule has 0 rings (SSSR count). The van der Waals surface area contributed by atoms with Gasteiger partial charge in [0.15, 0.2) is 0 Å². The fourth-order valence-electron chi connectivity index (χ4n) is 2.02. The standard InChI is InChI=1S/C15H31NO5/c1-5-16-15(2,14(17)19-4)8-6-9-20-10-7-11-21-13-12-18-3/h16H,5-13H2,1-4H3. The van der Waals surface area contributed by atoms with Crippen molar-refractivity contribution in [3.8, 4) is 0 Å². The average molecular weight is 305 g/mol. The molecule has 0 fully saturated rings. The van der Waals surface area contributed by atoms with Crippen molar-refractivity contribution in [2.75, 3.05) is 53.8 Å². The molecule has 1 unspecified atom stereocenters. The van der Waals surface area contributed by atoms with Crippen LogP contribution >= 0.6 is 0 Å². The first-order valence-corrected chi connectivity index (χ1v) is 7.58. The zero-order valence-corrected chi connectivity index (χ0v) is 13.9. The number of rotatable bonds is 14. The molecule has 126 valence electrons. The van der Waals surface area contributed by atoms with Gasteiger partial charge in [-0.1, -0.05) is 6.92 Å². The number of carbonyl (C=O) groups excluding carboxylic acids is 1. The van der Waals surface area contributed by atoms with Crippen molar-refractivity contribution in [2.45, 2.75) is 38.6 Å². The number of nitrogens with one attached hydrogen (secondary N) is 1. The van der Waals surface area contributed by atoms with Gasteiger partial charge in [0.25, 0.3) is 0 Å². The Kier molecular flexibility index (Phi) is 12.6. The van der Waals surface area contributed by atoms with Crippen molar-refractivity contribution in [3.05, 3.63) is 0 Å². The number of likely N-dealkylation sites (N-methyl/N-ethyl adjacent to an activating group) is 1. The minimum Gasteiger partial charge on any atom is -0.468 e. The highest BCUT2D eigenvalue weighted by Gasteiger charge is 2.32. The van der Waals surface area contributed by atoms with Gasteiger partial charge in [-0.05, 0) is 32.7 Å². The largest absolute Gasteiger partial charge is 0.468 e. The zero-order valence-electron chi connectivity index (χ0n) is 13.9. The molecular formula is C15H31NO5. The minimum absolute atomic E-state index is 0.226. The summed E-state index contributed by atoms with van der Waals surface area (Å²) < 4.78 is 20.6. The first-order valence-electron chi connectivity index (χ1n) is 7.58. The van der Waals surface area contributed by atoms with Crippen LogP contribution in [0.2, 0.25) is 0 Å². The van der Waals surface area contributed by atoms with Crippen LogP contribution in [-0.4, -0.2) is 65.3 Å². The smallest absolute Gasteiger partial charge is 0.325 e. The lowest BCUT2D eigenvalue weighted by atomic mass is 9.96. The molecule has 0 aliphatic heterocycles. The Morgan fingerprint density at radius 2 is 1.62 bits per heavy atom. The quantitative estimate of drug-likeness (QED) is 0.386. The summed E-state index contributed by atoms with van der Waals surface area (Å²) in [5.41, 5.74) is -0.629. The molecule has 0 spiro atoms. The molecule has 0 aliphatic carbocycles. The molecule has 0 saturated heterocycles. The van der Waals surface area contributed by atoms with Crippen LogP contribution in [0.3, 0.4) is 0 Å². The van der Waals surface area contributed by atoms with Crippen molar-refractivity contribution in [2.24, 2.45) is 0 Å². The number of ether oxygens (including phenoxy) is 4. The summed E-state index contributed by atoms with van der Waals surface area (Å²) in [6.45, 7) is 7.80. The molecule has 0 aromatic rings. The Morgan fingerprint density at radius 1 is 1.00 bits per heavy atom. The van der Waals surface area contributed by atoms with Gasteiger partial charge in [-0.15, -0.1) is 0 Å². The van der Waals surface area contributed by atoms with Crippen molar-refractivity contribution in [1.29, 1.82) is 0 Å². The Labute approximate surface area is 128 Å². The summed E-state index contributed by atoms with van der Waals surface area (Å²) in [5.74, 6) is -0.226. The molecule has 21 heavy (non-hydrogen) atoms. The van der Waals surface area contributed by atoms with Crippen LogP contribution in [0.25, 0.3) is 0 Å². The zero-order chi connectivity index (χ0) is 16.0. The number of carbonyl (C=O) groups is 1. The van der Waals surface area contributed by atoms with Gasteiger partial charge >= 0.3 is 5.97 Å². The van der Waals surface area contributed by atoms with Crippen molar-refractivity contribution >= 4 is 5.97 Å². The van der Waals surface area contributed by atoms with E-state index < -0.39 is 5.54 Å². The SMILES string of the molecule is CCNC(C)(CCCOCCCOCCOC)C(=O)OC. The van der Waals surface area contributed by atoms with Crippen LogP contribution in [0, 0.1) is 0 Å². The van der Waals surface area contributed by atoms with Gasteiger partial charge in [0.1, 0.15) is 5.54 Å². The molecule has 0 aromatic heterocycles. The molecule has 0 amide bonds. The molecule has 6 heteroatoms. The third kappa shape index (κ3) is 9.79. The lowest BCUT2D eigenvalue weighted by molar-refractivity contribution is -0.148. The van der Waals surface area contributed by atoms with E-state index in [0.717, 1.165) is 19.4 Å². The van der Waals surface area contributed by atoms with Crippen molar-refractivity contribution < 1.29 is 23.7 Å². The predicted molar refractivity (Wildman–Crippen MR) is 81.5 cm³/mol. The highest BCUT2D eigenvalue weighted by atomic mass is 16.5. The van der Waals surface area contributed by atoms with Crippen LogP contribution in [0.1, 0.15) is 33.1 Å². The number of esters is 1. The summed E-state index contributed by atoms with van der Waals surface area (Å²) in [5, 5.41) is 3.18. The summed E-state index contributed by atoms with van der Waals surface area (Å²) in [4.78, 5) is 11.8. The second-order valence-corrected chi connectivity index (χ2v) is 5.03. The van der Waals surface area contributed by atoms with Gasteiger partial charge in [-0.25, -0.2) is 0 Å². The summed E-state index contributed by atoms with van der Waals surface area (Å²) in [6.07, 6.45) is 2.37. The maximum Gasteiger partial charge on any atom is 0.325 e. The van der Waals surface area contributed by atoms with Gasteiger partial charge in [0, 0.05) is 26.9 Å². The van der Waals surface area contributed by atoms with E-state index in [4.69, 9.17) is 18.9 Å². The van der Waals surface area contributed by atoms with E-state index in [1.165, 1.54) is 7.11 Å². The van der Waals surface area contributed by atoms with Crippen molar-refractivity contribution in [3.63, 3.8) is 0 Å². The monoisotopic (exact) mass is 305 g/mol. The molecular weight excluding hydrogens is 274 g/mol. The molecule has 0 aromatic carbocycles. The Hall–Kier alpha value is -0.690. The summed E-state index contributed by atoms with van der Waals surface area (Å²) in [7, 11) is 3.07. The van der Waals surface area contributed by atoms with E-state index in [1.54, 1.807) is 7.11 Å². The second kappa shape index (κ2) is 13.0. The number of hydrogen-bond donors (Lipinski definition) is 1. The second-order valence-electron chi connectivity index (χ2n) is 5.03. The van der Waals surface area contributed by atoms with Crippen molar-refractivity contribution in [1.82, 2.24) is 5.32 Å². The van der Waals surface area contributed by atoms with Crippen LogP contribution in [0.5, 0.6) is 0 Å². The fraction of sp³-hybridized carbons (Fsp3) is 0.933. The molecule has 0 radical (unpaired) electrons. The fourth-order valence-corrected chi connectivity index (χ4v) is 2.02. The molecule has 0 aliphatic rings. The Bertz CT molecular complexity index is 262. The highest BCUT2D eigenvalue weighted by molar-refractivity contribution is 5.80. The number of methoxy groups -OCH3 is 2. The van der Waals surface area contributed by atoms with Crippen LogP contribution in [0.15, 0.2) is 0 Å². The van der Waals surface area contributed by atoms with E-state index in [9.17, 15) is 4.79 Å². The lowest BCUT2D eigenvalue weighted by Gasteiger charge is -2.27. The third-order valence-electron chi connectivity index (χ3n) is 3.18. The molecule has 6 nitrogen and oxygen atoms in total. The minimum atomic E-state index is -0.629. The predicted octanol–water partition coefficient (Wildman–Crippen LogP) is 1.38. The van der Waals surface area contributed by atoms with Crippen LogP contribution in [0.4, 0.5) is 0 Å². The van der Waals surface area contributed by atoms with E-state index in [2.05, 4.69) is 5.32 Å². The Balaban J connectivity index is 3.61. The molecule has 1 N–H and O–H groups in total. The summed E-state index contributed by atoms with van der Waals surface area (Å²) >= 11 is 0. The van der Waals surface area contributed by atoms with E-state index >= 15 is 0 Å². The van der Waals surface area contributed by atoms with E-state index in [1.807, 2.05) is 13.8 Å². The highest BCUT2D eigenvalue weighted by Crippen LogP contribution is 2.14. The van der Waals surface area contributed by atoms with Gasteiger partial charge in [-0.2, -0.15) is 0 Å². The van der Waals surface area contributed by atoms with Gasteiger partial charge in [0.2, 0.25) is 0 Å².